The Hall–Kier alpha value is -2.94. The maximum Gasteiger partial charge on any atom is 0.184 e. The van der Waals surface area contributed by atoms with E-state index in [1.807, 2.05) is 36.4 Å². The fraction of sp³-hybridized carbons (Fsp3) is 0.419. The molecule has 3 aromatic carbocycles. The molecule has 2 heterocycles. The summed E-state index contributed by atoms with van der Waals surface area (Å²) in [5, 5.41) is 9.50. The van der Waals surface area contributed by atoms with Gasteiger partial charge in [0.1, 0.15) is 0 Å². The monoisotopic (exact) mass is 518 g/mol. The number of hydrogen-bond acceptors (Lipinski definition) is 7. The molecule has 0 aliphatic carbocycles. The molecular weight excluding hydrogens is 480 g/mol. The Morgan fingerprint density at radius 3 is 2.16 bits per heavy atom. The number of rotatable bonds is 8. The molecule has 202 valence electrons. The van der Waals surface area contributed by atoms with Crippen LogP contribution in [0.15, 0.2) is 60.7 Å². The van der Waals surface area contributed by atoms with E-state index in [-0.39, 0.29) is 24.7 Å². The lowest BCUT2D eigenvalue weighted by Crippen LogP contribution is -2.45. The average Bonchev–Trinajstić information content (AvgIpc) is 2.97. The van der Waals surface area contributed by atoms with Crippen molar-refractivity contribution in [3.63, 3.8) is 0 Å². The van der Waals surface area contributed by atoms with E-state index in [1.165, 1.54) is 11.1 Å². The predicted octanol–water partition coefficient (Wildman–Crippen LogP) is 4.50. The highest BCUT2D eigenvalue weighted by Gasteiger charge is 2.39. The van der Waals surface area contributed by atoms with Crippen molar-refractivity contribution < 1.29 is 24.1 Å². The van der Waals surface area contributed by atoms with Gasteiger partial charge in [-0.25, -0.2) is 0 Å². The molecule has 2 aliphatic heterocycles. The molecule has 3 aromatic rings. The van der Waals surface area contributed by atoms with E-state index < -0.39 is 6.29 Å². The van der Waals surface area contributed by atoms with Gasteiger partial charge in [0.25, 0.3) is 0 Å². The van der Waals surface area contributed by atoms with E-state index in [1.54, 1.807) is 14.2 Å². The molecule has 7 nitrogen and oxygen atoms in total. The van der Waals surface area contributed by atoms with Crippen molar-refractivity contribution >= 4 is 0 Å². The molecule has 1 fully saturated rings. The van der Waals surface area contributed by atoms with Crippen LogP contribution in [-0.4, -0.2) is 43.4 Å². The van der Waals surface area contributed by atoms with E-state index in [0.29, 0.717) is 6.54 Å². The lowest BCUT2D eigenvalue weighted by molar-refractivity contribution is -0.276. The van der Waals surface area contributed by atoms with Gasteiger partial charge in [-0.2, -0.15) is 0 Å². The van der Waals surface area contributed by atoms with Gasteiger partial charge >= 0.3 is 0 Å². The highest BCUT2D eigenvalue weighted by Crippen LogP contribution is 2.42. The molecular formula is C31H38N2O5. The first kappa shape index (κ1) is 26.7. The first-order valence-electron chi connectivity index (χ1n) is 13.3. The molecule has 7 heteroatoms. The summed E-state index contributed by atoms with van der Waals surface area (Å²) in [6.45, 7) is 5.29. The molecule has 4 atom stereocenters. The summed E-state index contributed by atoms with van der Waals surface area (Å²) >= 11 is 0. The fourth-order valence-electron chi connectivity index (χ4n) is 5.49. The van der Waals surface area contributed by atoms with Crippen LogP contribution in [-0.2, 0) is 35.6 Å². The fourth-order valence-corrected chi connectivity index (χ4v) is 5.49. The van der Waals surface area contributed by atoms with Gasteiger partial charge in [-0.15, -0.1) is 0 Å². The van der Waals surface area contributed by atoms with Gasteiger partial charge in [0, 0.05) is 37.7 Å². The maximum absolute atomic E-state index is 9.50. The van der Waals surface area contributed by atoms with Crippen molar-refractivity contribution in [1.29, 1.82) is 0 Å². The zero-order chi connectivity index (χ0) is 26.6. The van der Waals surface area contributed by atoms with Crippen LogP contribution in [0.3, 0.4) is 0 Å². The summed E-state index contributed by atoms with van der Waals surface area (Å²) in [5.41, 5.74) is 12.4. The Bertz CT molecular complexity index is 1210. The topological polar surface area (TPSA) is 86.4 Å². The largest absolute Gasteiger partial charge is 0.493 e. The number of nitrogens with two attached hydrogens (primary N) is 1. The van der Waals surface area contributed by atoms with E-state index in [4.69, 9.17) is 24.7 Å². The zero-order valence-electron chi connectivity index (χ0n) is 22.4. The third-order valence-electron chi connectivity index (χ3n) is 7.85. The minimum atomic E-state index is -0.480. The number of nitrogens with zero attached hydrogens (tertiary/aromatic N) is 1. The Morgan fingerprint density at radius 2 is 1.53 bits per heavy atom. The Kier molecular flexibility index (Phi) is 8.31. The lowest BCUT2D eigenvalue weighted by Gasteiger charge is -2.43. The average molecular weight is 519 g/mol. The van der Waals surface area contributed by atoms with Crippen LogP contribution in [0, 0.1) is 5.92 Å². The highest BCUT2D eigenvalue weighted by molar-refractivity contribution is 5.48. The predicted molar refractivity (Wildman–Crippen MR) is 146 cm³/mol. The molecule has 5 rings (SSSR count). The number of fused-ring (bicyclic) bond motifs is 1. The molecule has 0 radical (unpaired) electrons. The van der Waals surface area contributed by atoms with Crippen molar-refractivity contribution in [2.24, 2.45) is 11.7 Å². The van der Waals surface area contributed by atoms with Gasteiger partial charge in [0.15, 0.2) is 17.8 Å². The lowest BCUT2D eigenvalue weighted by atomic mass is 9.89. The summed E-state index contributed by atoms with van der Waals surface area (Å²) in [5.74, 6) is 1.66. The Balaban J connectivity index is 1.39. The van der Waals surface area contributed by atoms with Crippen LogP contribution in [0.5, 0.6) is 11.5 Å². The van der Waals surface area contributed by atoms with Crippen molar-refractivity contribution in [3.8, 4) is 11.5 Å². The number of methoxy groups -OCH3 is 2. The first-order chi connectivity index (χ1) is 18.5. The van der Waals surface area contributed by atoms with Crippen molar-refractivity contribution in [3.05, 3.63) is 94.0 Å². The number of aliphatic hydroxyl groups excluding tert-OH is 1. The smallest absolute Gasteiger partial charge is 0.184 e. The third-order valence-corrected chi connectivity index (χ3v) is 7.85. The van der Waals surface area contributed by atoms with Crippen LogP contribution < -0.4 is 15.2 Å². The normalized spacial score (nSPS) is 23.6. The minimum absolute atomic E-state index is 0.0241. The molecule has 0 saturated carbocycles. The van der Waals surface area contributed by atoms with Crippen molar-refractivity contribution in [2.75, 3.05) is 27.3 Å². The summed E-state index contributed by atoms with van der Waals surface area (Å²) in [4.78, 5) is 2.46. The van der Waals surface area contributed by atoms with E-state index in [2.05, 4.69) is 36.1 Å². The molecule has 0 amide bonds. The van der Waals surface area contributed by atoms with Gasteiger partial charge in [0.05, 0.1) is 33.0 Å². The van der Waals surface area contributed by atoms with Crippen LogP contribution in [0.25, 0.3) is 0 Å². The maximum atomic E-state index is 9.50. The zero-order valence-corrected chi connectivity index (χ0v) is 22.4. The third kappa shape index (κ3) is 5.58. The second-order valence-electron chi connectivity index (χ2n) is 10.2. The molecule has 38 heavy (non-hydrogen) atoms. The standard InChI is InChI=1S/C31H38N2O5/c1-20-29(18-33-13-12-25-14-27(35-2)28(36-3)15-26(25)17-33)37-31(24-10-4-21(16-32)5-11-24)38-30(20)23-8-6-22(19-34)7-9-23/h4-11,14-15,20,29-31,34H,12-13,16-19,32H2,1-3H3/t20-,29+,30+,31+/m0/s1. The van der Waals surface area contributed by atoms with Crippen LogP contribution in [0.2, 0.25) is 0 Å². The SMILES string of the molecule is COc1cc2c(cc1OC)CN(C[C@H]1O[C@@H](c3ccc(CN)cc3)O[C@@H](c3ccc(CO)cc3)[C@H]1C)CC2. The quantitative estimate of drug-likeness (QED) is 0.454. The highest BCUT2D eigenvalue weighted by atomic mass is 16.7. The van der Waals surface area contributed by atoms with Crippen molar-refractivity contribution in [1.82, 2.24) is 4.90 Å². The summed E-state index contributed by atoms with van der Waals surface area (Å²) in [6, 6.07) is 20.4. The van der Waals surface area contributed by atoms with Crippen LogP contribution in [0.4, 0.5) is 0 Å². The number of aliphatic hydroxyl groups is 1. The second-order valence-corrected chi connectivity index (χ2v) is 10.2. The minimum Gasteiger partial charge on any atom is -0.493 e. The van der Waals surface area contributed by atoms with Gasteiger partial charge in [-0.3, -0.25) is 4.90 Å². The van der Waals surface area contributed by atoms with Crippen LogP contribution >= 0.6 is 0 Å². The van der Waals surface area contributed by atoms with E-state index in [9.17, 15) is 5.11 Å². The molecule has 0 unspecified atom stereocenters. The second kappa shape index (κ2) is 11.8. The molecule has 0 aromatic heterocycles. The van der Waals surface area contributed by atoms with Gasteiger partial charge < -0.3 is 29.8 Å². The van der Waals surface area contributed by atoms with Gasteiger partial charge in [-0.1, -0.05) is 55.5 Å². The van der Waals surface area contributed by atoms with Gasteiger partial charge in [0.2, 0.25) is 0 Å². The summed E-state index contributed by atoms with van der Waals surface area (Å²) in [6.07, 6.45) is 0.296. The Labute approximate surface area is 225 Å². The molecule has 0 spiro atoms. The number of hydrogen-bond donors (Lipinski definition) is 2. The van der Waals surface area contributed by atoms with Crippen LogP contribution in [0.1, 0.15) is 52.7 Å². The van der Waals surface area contributed by atoms with Gasteiger partial charge in [-0.05, 0) is 46.4 Å². The van der Waals surface area contributed by atoms with Crippen molar-refractivity contribution in [2.45, 2.75) is 51.5 Å². The first-order valence-corrected chi connectivity index (χ1v) is 13.3. The Morgan fingerprint density at radius 1 is 0.895 bits per heavy atom. The molecule has 0 bridgehead atoms. The summed E-state index contributed by atoms with van der Waals surface area (Å²) < 4.78 is 24.3. The molecule has 3 N–H and O–H groups in total. The summed E-state index contributed by atoms with van der Waals surface area (Å²) in [7, 11) is 3.35. The molecule has 2 aliphatic rings. The van der Waals surface area contributed by atoms with E-state index >= 15 is 0 Å². The number of ether oxygens (including phenoxy) is 4. The number of benzene rings is 3. The molecule has 1 saturated heterocycles. The van der Waals surface area contributed by atoms with E-state index in [0.717, 1.165) is 59.8 Å².